The van der Waals surface area contributed by atoms with Crippen molar-refractivity contribution < 1.29 is 9.53 Å². The van der Waals surface area contributed by atoms with Gasteiger partial charge in [0.15, 0.2) is 0 Å². The lowest BCUT2D eigenvalue weighted by Gasteiger charge is -2.08. The molecule has 0 fully saturated rings. The van der Waals surface area contributed by atoms with Crippen molar-refractivity contribution >= 4 is 17.5 Å². The molecule has 1 aromatic heterocycles. The fourth-order valence-corrected chi connectivity index (χ4v) is 1.81. The zero-order valence-electron chi connectivity index (χ0n) is 10.6. The van der Waals surface area contributed by atoms with Crippen LogP contribution in [-0.2, 0) is 11.8 Å². The lowest BCUT2D eigenvalue weighted by atomic mass is 10.2. The van der Waals surface area contributed by atoms with E-state index in [1.165, 1.54) is 7.11 Å². The van der Waals surface area contributed by atoms with Crippen LogP contribution in [0.1, 0.15) is 16.1 Å². The fraction of sp³-hybridized carbons (Fsp3) is 0.231. The van der Waals surface area contributed by atoms with Gasteiger partial charge in [-0.05, 0) is 19.1 Å². The van der Waals surface area contributed by atoms with E-state index < -0.39 is 0 Å². The number of aryl methyl sites for hydroxylation is 2. The minimum absolute atomic E-state index is 0.390. The van der Waals surface area contributed by atoms with Gasteiger partial charge in [-0.3, -0.25) is 4.68 Å². The van der Waals surface area contributed by atoms with Gasteiger partial charge in [0, 0.05) is 12.7 Å². The number of anilines is 2. The first-order valence-corrected chi connectivity index (χ1v) is 5.57. The summed E-state index contributed by atoms with van der Waals surface area (Å²) in [5.41, 5.74) is 2.00. The van der Waals surface area contributed by atoms with Crippen LogP contribution >= 0.6 is 0 Å². The van der Waals surface area contributed by atoms with Gasteiger partial charge in [0.2, 0.25) is 0 Å². The summed E-state index contributed by atoms with van der Waals surface area (Å²) < 4.78 is 6.41. The van der Waals surface area contributed by atoms with E-state index in [0.29, 0.717) is 17.1 Å². The predicted molar refractivity (Wildman–Crippen MR) is 69.0 cm³/mol. The summed E-state index contributed by atoms with van der Waals surface area (Å²) in [5, 5.41) is 7.41. The molecule has 1 heterocycles. The molecular formula is C13H15N3O2. The van der Waals surface area contributed by atoms with Crippen molar-refractivity contribution in [1.82, 2.24) is 9.78 Å². The van der Waals surface area contributed by atoms with Gasteiger partial charge in [-0.2, -0.15) is 5.10 Å². The Labute approximate surface area is 105 Å². The van der Waals surface area contributed by atoms with Crippen LogP contribution in [-0.4, -0.2) is 22.9 Å². The van der Waals surface area contributed by atoms with E-state index in [-0.39, 0.29) is 5.97 Å². The van der Waals surface area contributed by atoms with Gasteiger partial charge in [-0.25, -0.2) is 4.79 Å². The average molecular weight is 245 g/mol. The van der Waals surface area contributed by atoms with Gasteiger partial charge in [0.25, 0.3) is 0 Å². The normalized spacial score (nSPS) is 10.2. The van der Waals surface area contributed by atoms with Crippen molar-refractivity contribution in [1.29, 1.82) is 0 Å². The minimum Gasteiger partial charge on any atom is -0.465 e. The van der Waals surface area contributed by atoms with Crippen molar-refractivity contribution in [3.63, 3.8) is 0 Å². The Bertz CT molecular complexity index is 561. The summed E-state index contributed by atoms with van der Waals surface area (Å²) in [7, 11) is 3.14. The summed E-state index contributed by atoms with van der Waals surface area (Å²) in [6.45, 7) is 1.78. The van der Waals surface area contributed by atoms with E-state index >= 15 is 0 Å². The van der Waals surface area contributed by atoms with Gasteiger partial charge >= 0.3 is 5.97 Å². The summed E-state index contributed by atoms with van der Waals surface area (Å²) in [4.78, 5) is 11.7. The second kappa shape index (κ2) is 4.91. The summed E-state index contributed by atoms with van der Waals surface area (Å²) in [6.07, 6.45) is 0. The highest BCUT2D eigenvalue weighted by Crippen LogP contribution is 2.23. The Morgan fingerprint density at radius 1 is 1.33 bits per heavy atom. The molecule has 1 aromatic carbocycles. The fourth-order valence-electron chi connectivity index (χ4n) is 1.81. The first kappa shape index (κ1) is 12.2. The van der Waals surface area contributed by atoms with E-state index in [9.17, 15) is 4.79 Å². The van der Waals surface area contributed by atoms with Gasteiger partial charge in [0.05, 0.1) is 12.8 Å². The van der Waals surface area contributed by atoms with Crippen LogP contribution in [0.3, 0.4) is 0 Å². The Morgan fingerprint density at radius 2 is 2.00 bits per heavy atom. The van der Waals surface area contributed by atoms with Crippen LogP contribution in [0.25, 0.3) is 0 Å². The van der Waals surface area contributed by atoms with E-state index in [0.717, 1.165) is 5.69 Å². The molecule has 0 bridgehead atoms. The van der Waals surface area contributed by atoms with Gasteiger partial charge in [-0.1, -0.05) is 18.2 Å². The van der Waals surface area contributed by atoms with Gasteiger partial charge < -0.3 is 10.1 Å². The molecule has 1 N–H and O–H groups in total. The van der Waals surface area contributed by atoms with Crippen molar-refractivity contribution in [2.45, 2.75) is 6.92 Å². The molecule has 0 saturated heterocycles. The van der Waals surface area contributed by atoms with Crippen LogP contribution in [0.2, 0.25) is 0 Å². The summed E-state index contributed by atoms with van der Waals surface area (Å²) in [6, 6.07) is 9.61. The Hall–Kier alpha value is -2.30. The molecule has 0 atom stereocenters. The molecule has 0 radical (unpaired) electrons. The topological polar surface area (TPSA) is 56.1 Å². The number of hydrogen-bond acceptors (Lipinski definition) is 4. The molecule has 0 saturated carbocycles. The van der Waals surface area contributed by atoms with Crippen molar-refractivity contribution in [2.24, 2.45) is 7.05 Å². The summed E-state index contributed by atoms with van der Waals surface area (Å²) in [5.74, 6) is 0.240. The number of carbonyl (C=O) groups excluding carboxylic acids is 1. The molecule has 0 unspecified atom stereocenters. The summed E-state index contributed by atoms with van der Waals surface area (Å²) >= 11 is 0. The molecule has 2 aromatic rings. The number of nitrogens with zero attached hydrogens (tertiary/aromatic N) is 2. The number of esters is 1. The van der Waals surface area contributed by atoms with Crippen molar-refractivity contribution in [3.8, 4) is 0 Å². The number of ether oxygens (including phenoxy) is 1. The molecule has 5 nitrogen and oxygen atoms in total. The second-order valence-corrected chi connectivity index (χ2v) is 3.92. The molecule has 0 amide bonds. The number of methoxy groups -OCH3 is 1. The third-order valence-corrected chi connectivity index (χ3v) is 2.65. The highest BCUT2D eigenvalue weighted by Gasteiger charge is 2.20. The number of carbonyl (C=O) groups is 1. The Morgan fingerprint density at radius 3 is 2.61 bits per heavy atom. The first-order valence-electron chi connectivity index (χ1n) is 5.57. The number of hydrogen-bond donors (Lipinski definition) is 1. The molecule has 18 heavy (non-hydrogen) atoms. The zero-order chi connectivity index (χ0) is 13.1. The van der Waals surface area contributed by atoms with E-state index in [1.54, 1.807) is 18.7 Å². The quantitative estimate of drug-likeness (QED) is 0.843. The van der Waals surface area contributed by atoms with Crippen molar-refractivity contribution in [3.05, 3.63) is 41.6 Å². The SMILES string of the molecule is COC(=O)c1c(C)nn(C)c1Nc1ccccc1. The molecule has 0 spiro atoms. The maximum absolute atomic E-state index is 11.7. The minimum atomic E-state index is -0.390. The van der Waals surface area contributed by atoms with Gasteiger partial charge in [0.1, 0.15) is 11.4 Å². The molecular weight excluding hydrogens is 230 g/mol. The Kier molecular flexibility index (Phi) is 3.32. The molecule has 2 rings (SSSR count). The number of para-hydroxylation sites is 1. The maximum atomic E-state index is 11.7. The standard InChI is InChI=1S/C13H15N3O2/c1-9-11(13(17)18-3)12(16(2)15-9)14-10-7-5-4-6-8-10/h4-8,14H,1-3H3. The lowest BCUT2D eigenvalue weighted by Crippen LogP contribution is -2.07. The number of rotatable bonds is 3. The third-order valence-electron chi connectivity index (χ3n) is 2.65. The van der Waals surface area contributed by atoms with E-state index in [1.807, 2.05) is 30.3 Å². The highest BCUT2D eigenvalue weighted by molar-refractivity contribution is 5.96. The van der Waals surface area contributed by atoms with Crippen LogP contribution in [0.4, 0.5) is 11.5 Å². The van der Waals surface area contributed by atoms with E-state index in [4.69, 9.17) is 4.74 Å². The monoisotopic (exact) mass is 245 g/mol. The molecule has 0 aliphatic rings. The lowest BCUT2D eigenvalue weighted by molar-refractivity contribution is 0.0601. The van der Waals surface area contributed by atoms with Crippen LogP contribution < -0.4 is 5.32 Å². The predicted octanol–water partition coefficient (Wildman–Crippen LogP) is 2.26. The smallest absolute Gasteiger partial charge is 0.343 e. The number of aromatic nitrogens is 2. The maximum Gasteiger partial charge on any atom is 0.343 e. The number of nitrogens with one attached hydrogen (secondary N) is 1. The molecule has 0 aliphatic carbocycles. The van der Waals surface area contributed by atoms with Crippen LogP contribution in [0.15, 0.2) is 30.3 Å². The number of benzene rings is 1. The molecule has 0 aliphatic heterocycles. The van der Waals surface area contributed by atoms with Crippen LogP contribution in [0, 0.1) is 6.92 Å². The third kappa shape index (κ3) is 2.20. The first-order chi connectivity index (χ1) is 8.63. The average Bonchev–Trinajstić information content (AvgIpc) is 2.65. The van der Waals surface area contributed by atoms with Crippen molar-refractivity contribution in [2.75, 3.05) is 12.4 Å². The van der Waals surface area contributed by atoms with Crippen LogP contribution in [0.5, 0.6) is 0 Å². The Balaban J connectivity index is 2.41. The largest absolute Gasteiger partial charge is 0.465 e. The zero-order valence-corrected chi connectivity index (χ0v) is 10.6. The molecule has 5 heteroatoms. The second-order valence-electron chi connectivity index (χ2n) is 3.92. The highest BCUT2D eigenvalue weighted by atomic mass is 16.5. The van der Waals surface area contributed by atoms with Gasteiger partial charge in [-0.15, -0.1) is 0 Å². The molecule has 94 valence electrons. The van der Waals surface area contributed by atoms with E-state index in [2.05, 4.69) is 10.4 Å².